The predicted molar refractivity (Wildman–Crippen MR) is 105 cm³/mol. The lowest BCUT2D eigenvalue weighted by Crippen LogP contribution is -2.30. The number of nitrogens with zero attached hydrogens (tertiary/aromatic N) is 1. The number of anilines is 1. The SMILES string of the molecule is COc1ccc(NC(=O)[C@H](C)OC(=O)c2cccc3cccnc23)cc1OC. The van der Waals surface area contributed by atoms with E-state index in [9.17, 15) is 9.59 Å². The van der Waals surface area contributed by atoms with Gasteiger partial charge < -0.3 is 19.5 Å². The number of ether oxygens (including phenoxy) is 3. The zero-order valence-corrected chi connectivity index (χ0v) is 15.8. The summed E-state index contributed by atoms with van der Waals surface area (Å²) in [6.45, 7) is 1.51. The number of aromatic nitrogens is 1. The Morgan fingerprint density at radius 3 is 2.50 bits per heavy atom. The summed E-state index contributed by atoms with van der Waals surface area (Å²) in [6, 6.07) is 13.8. The van der Waals surface area contributed by atoms with Crippen LogP contribution in [0.1, 0.15) is 17.3 Å². The van der Waals surface area contributed by atoms with Crippen LogP contribution in [0.5, 0.6) is 11.5 Å². The number of esters is 1. The smallest absolute Gasteiger partial charge is 0.341 e. The lowest BCUT2D eigenvalue weighted by molar-refractivity contribution is -0.123. The zero-order valence-electron chi connectivity index (χ0n) is 15.8. The van der Waals surface area contributed by atoms with E-state index in [4.69, 9.17) is 14.2 Å². The molecule has 0 radical (unpaired) electrons. The molecule has 7 nitrogen and oxygen atoms in total. The van der Waals surface area contributed by atoms with E-state index in [0.717, 1.165) is 5.39 Å². The number of benzene rings is 2. The molecule has 1 amide bonds. The Balaban J connectivity index is 1.71. The molecule has 7 heteroatoms. The molecule has 0 bridgehead atoms. The van der Waals surface area contributed by atoms with Gasteiger partial charge in [-0.1, -0.05) is 18.2 Å². The number of fused-ring (bicyclic) bond motifs is 1. The molecular weight excluding hydrogens is 360 g/mol. The van der Waals surface area contributed by atoms with Crippen LogP contribution in [0, 0.1) is 0 Å². The first-order chi connectivity index (χ1) is 13.5. The lowest BCUT2D eigenvalue weighted by atomic mass is 10.1. The largest absolute Gasteiger partial charge is 0.493 e. The second-order valence-corrected chi connectivity index (χ2v) is 5.99. The van der Waals surface area contributed by atoms with E-state index in [1.807, 2.05) is 12.1 Å². The van der Waals surface area contributed by atoms with Crippen LogP contribution < -0.4 is 14.8 Å². The molecule has 1 heterocycles. The number of carbonyl (C=O) groups is 2. The first-order valence-electron chi connectivity index (χ1n) is 8.61. The first kappa shape index (κ1) is 19.2. The quantitative estimate of drug-likeness (QED) is 0.659. The fourth-order valence-electron chi connectivity index (χ4n) is 2.70. The van der Waals surface area contributed by atoms with E-state index in [1.165, 1.54) is 21.1 Å². The van der Waals surface area contributed by atoms with Crippen LogP contribution in [-0.2, 0) is 9.53 Å². The highest BCUT2D eigenvalue weighted by atomic mass is 16.5. The van der Waals surface area contributed by atoms with E-state index in [1.54, 1.807) is 42.6 Å². The standard InChI is InChI=1S/C21H20N2O5/c1-13(20(24)23-15-9-10-17(26-2)18(12-15)27-3)28-21(25)16-8-4-6-14-7-5-11-22-19(14)16/h4-13H,1-3H3,(H,23,24)/t13-/m0/s1. The van der Waals surface area contributed by atoms with Gasteiger partial charge in [-0.15, -0.1) is 0 Å². The Morgan fingerprint density at radius 2 is 1.75 bits per heavy atom. The number of hydrogen-bond donors (Lipinski definition) is 1. The topological polar surface area (TPSA) is 86.8 Å². The summed E-state index contributed by atoms with van der Waals surface area (Å²) in [5, 5.41) is 3.51. The third kappa shape index (κ3) is 4.03. The minimum Gasteiger partial charge on any atom is -0.493 e. The summed E-state index contributed by atoms with van der Waals surface area (Å²) >= 11 is 0. The van der Waals surface area contributed by atoms with Crippen molar-refractivity contribution in [2.45, 2.75) is 13.0 Å². The summed E-state index contributed by atoms with van der Waals surface area (Å²) in [5.41, 5.74) is 1.34. The van der Waals surface area contributed by atoms with Gasteiger partial charge in [0, 0.05) is 23.3 Å². The maximum Gasteiger partial charge on any atom is 0.341 e. The highest BCUT2D eigenvalue weighted by Crippen LogP contribution is 2.29. The average molecular weight is 380 g/mol. The third-order valence-electron chi connectivity index (χ3n) is 4.16. The number of nitrogens with one attached hydrogen (secondary N) is 1. The van der Waals surface area contributed by atoms with E-state index in [2.05, 4.69) is 10.3 Å². The predicted octanol–water partition coefficient (Wildman–Crippen LogP) is 3.44. The van der Waals surface area contributed by atoms with Crippen molar-refractivity contribution in [1.29, 1.82) is 0 Å². The second kappa shape index (κ2) is 8.39. The molecule has 0 aliphatic heterocycles. The summed E-state index contributed by atoms with van der Waals surface area (Å²) in [4.78, 5) is 29.2. The molecule has 1 atom stereocenters. The highest BCUT2D eigenvalue weighted by Gasteiger charge is 2.21. The van der Waals surface area contributed by atoms with E-state index in [0.29, 0.717) is 28.3 Å². The molecule has 144 valence electrons. The fraction of sp³-hybridized carbons (Fsp3) is 0.190. The van der Waals surface area contributed by atoms with Crippen molar-refractivity contribution in [3.63, 3.8) is 0 Å². The van der Waals surface area contributed by atoms with Crippen LogP contribution in [0.2, 0.25) is 0 Å². The van der Waals surface area contributed by atoms with Crippen LogP contribution in [0.4, 0.5) is 5.69 Å². The molecule has 0 aliphatic carbocycles. The van der Waals surface area contributed by atoms with Gasteiger partial charge in [-0.25, -0.2) is 4.79 Å². The van der Waals surface area contributed by atoms with Gasteiger partial charge in [0.05, 0.1) is 25.3 Å². The number of para-hydroxylation sites is 1. The van der Waals surface area contributed by atoms with Gasteiger partial charge in [0.2, 0.25) is 0 Å². The monoisotopic (exact) mass is 380 g/mol. The molecule has 0 saturated carbocycles. The van der Waals surface area contributed by atoms with Crippen molar-refractivity contribution in [2.75, 3.05) is 19.5 Å². The van der Waals surface area contributed by atoms with Crippen LogP contribution in [0.25, 0.3) is 10.9 Å². The van der Waals surface area contributed by atoms with Crippen LogP contribution in [0.3, 0.4) is 0 Å². The molecule has 2 aromatic carbocycles. The molecule has 28 heavy (non-hydrogen) atoms. The Morgan fingerprint density at radius 1 is 1.00 bits per heavy atom. The number of rotatable bonds is 6. The van der Waals surface area contributed by atoms with Crippen molar-refractivity contribution in [3.8, 4) is 11.5 Å². The van der Waals surface area contributed by atoms with Crippen LogP contribution in [0.15, 0.2) is 54.7 Å². The molecule has 0 unspecified atom stereocenters. The van der Waals surface area contributed by atoms with E-state index < -0.39 is 18.0 Å². The van der Waals surface area contributed by atoms with Gasteiger partial charge in [0.15, 0.2) is 17.6 Å². The minimum atomic E-state index is -1.00. The number of methoxy groups -OCH3 is 2. The number of carbonyl (C=O) groups excluding carboxylic acids is 2. The Hall–Kier alpha value is -3.61. The maximum atomic E-state index is 12.5. The van der Waals surface area contributed by atoms with Gasteiger partial charge in [-0.2, -0.15) is 0 Å². The highest BCUT2D eigenvalue weighted by molar-refractivity contribution is 6.04. The van der Waals surface area contributed by atoms with Crippen molar-refractivity contribution >= 4 is 28.5 Å². The molecule has 3 rings (SSSR count). The third-order valence-corrected chi connectivity index (χ3v) is 4.16. The minimum absolute atomic E-state index is 0.309. The average Bonchev–Trinajstić information content (AvgIpc) is 2.72. The van der Waals surface area contributed by atoms with E-state index >= 15 is 0 Å². The summed E-state index contributed by atoms with van der Waals surface area (Å²) < 4.78 is 15.7. The van der Waals surface area contributed by atoms with Crippen molar-refractivity contribution in [2.24, 2.45) is 0 Å². The van der Waals surface area contributed by atoms with E-state index in [-0.39, 0.29) is 0 Å². The fourth-order valence-corrected chi connectivity index (χ4v) is 2.70. The normalized spacial score (nSPS) is 11.5. The van der Waals surface area contributed by atoms with Crippen LogP contribution >= 0.6 is 0 Å². The number of amides is 1. The molecule has 0 saturated heterocycles. The molecule has 0 fully saturated rings. The van der Waals surface area contributed by atoms with Gasteiger partial charge in [0.25, 0.3) is 5.91 Å². The number of hydrogen-bond acceptors (Lipinski definition) is 6. The first-order valence-corrected chi connectivity index (χ1v) is 8.61. The molecule has 3 aromatic rings. The van der Waals surface area contributed by atoms with Gasteiger partial charge in [-0.05, 0) is 31.2 Å². The zero-order chi connectivity index (χ0) is 20.1. The van der Waals surface area contributed by atoms with Gasteiger partial charge in [0.1, 0.15) is 0 Å². The van der Waals surface area contributed by atoms with Crippen molar-refractivity contribution < 1.29 is 23.8 Å². The molecule has 1 N–H and O–H groups in total. The Labute approximate surface area is 162 Å². The Kier molecular flexibility index (Phi) is 5.74. The lowest BCUT2D eigenvalue weighted by Gasteiger charge is -2.15. The summed E-state index contributed by atoms with van der Waals surface area (Å²) in [6.07, 6.45) is 0.603. The second-order valence-electron chi connectivity index (χ2n) is 5.99. The Bertz CT molecular complexity index is 1010. The maximum absolute atomic E-state index is 12.5. The molecular formula is C21H20N2O5. The van der Waals surface area contributed by atoms with Crippen molar-refractivity contribution in [3.05, 3.63) is 60.3 Å². The molecule has 0 spiro atoms. The molecule has 1 aromatic heterocycles. The number of pyridine rings is 1. The molecule has 0 aliphatic rings. The van der Waals surface area contributed by atoms with Crippen LogP contribution in [-0.4, -0.2) is 37.2 Å². The van der Waals surface area contributed by atoms with Crippen molar-refractivity contribution in [1.82, 2.24) is 4.98 Å². The summed E-state index contributed by atoms with van der Waals surface area (Å²) in [5.74, 6) is -0.0526. The van der Waals surface area contributed by atoms with Gasteiger partial charge >= 0.3 is 5.97 Å². The summed E-state index contributed by atoms with van der Waals surface area (Å²) in [7, 11) is 3.03. The van der Waals surface area contributed by atoms with Gasteiger partial charge in [-0.3, -0.25) is 9.78 Å².